The number of nitrogens with one attached hydrogen (secondary N) is 2. The lowest BCUT2D eigenvalue weighted by Crippen LogP contribution is -2.24. The smallest absolute Gasteiger partial charge is 0.256 e. The predicted octanol–water partition coefficient (Wildman–Crippen LogP) is 2.93. The zero-order valence-electron chi connectivity index (χ0n) is 16.0. The summed E-state index contributed by atoms with van der Waals surface area (Å²) in [5.41, 5.74) is 5.87. The summed E-state index contributed by atoms with van der Waals surface area (Å²) in [6, 6.07) is 9.75. The number of aromatic nitrogens is 4. The Hall–Kier alpha value is -3.58. The fourth-order valence-electron chi connectivity index (χ4n) is 3.63. The Morgan fingerprint density at radius 3 is 2.86 bits per heavy atom. The summed E-state index contributed by atoms with van der Waals surface area (Å²) in [6.07, 6.45) is 8.17. The topological polar surface area (TPSA) is 84.7 Å². The third-order valence-electron chi connectivity index (χ3n) is 5.20. The zero-order chi connectivity index (χ0) is 19.8. The molecule has 4 aromatic rings. The minimum absolute atomic E-state index is 0.158. The molecule has 1 aromatic carbocycles. The number of fused-ring (bicyclic) bond motifs is 2. The molecular formula is C22H20N6O. The molecule has 0 unspecified atom stereocenters. The first-order chi connectivity index (χ1) is 14.2. The largest absolute Gasteiger partial charge is 0.312 e. The number of carbonyl (C=O) groups is 1. The van der Waals surface area contributed by atoms with Crippen LogP contribution in [-0.4, -0.2) is 32.2 Å². The molecule has 1 aliphatic rings. The molecular weight excluding hydrogens is 364 g/mol. The van der Waals surface area contributed by atoms with E-state index in [0.29, 0.717) is 11.4 Å². The van der Waals surface area contributed by atoms with E-state index in [0.717, 1.165) is 41.5 Å². The maximum Gasteiger partial charge on any atom is 0.256 e. The van der Waals surface area contributed by atoms with Crippen molar-refractivity contribution >= 4 is 22.6 Å². The number of nitrogens with zero attached hydrogens (tertiary/aromatic N) is 4. The Kier molecular flexibility index (Phi) is 4.29. The lowest BCUT2D eigenvalue weighted by molar-refractivity contribution is 0.102. The number of benzene rings is 1. The molecule has 5 rings (SSSR count). The Morgan fingerprint density at radius 1 is 1.07 bits per heavy atom. The second kappa shape index (κ2) is 7.10. The van der Waals surface area contributed by atoms with Crippen molar-refractivity contribution in [1.29, 1.82) is 0 Å². The second-order valence-corrected chi connectivity index (χ2v) is 7.25. The molecule has 3 aromatic heterocycles. The molecule has 0 saturated carbocycles. The van der Waals surface area contributed by atoms with E-state index in [4.69, 9.17) is 0 Å². The van der Waals surface area contributed by atoms with Crippen molar-refractivity contribution in [2.24, 2.45) is 7.05 Å². The van der Waals surface area contributed by atoms with Crippen LogP contribution in [-0.2, 0) is 20.0 Å². The molecule has 4 heterocycles. The SMILES string of the molecule is Cn1cc(-c2cnc3cnc(NC(=O)c4ccc5c(c4)CCNC5)cc3c2)cn1. The Morgan fingerprint density at radius 2 is 2.00 bits per heavy atom. The molecule has 1 aliphatic heterocycles. The number of hydrogen-bond donors (Lipinski definition) is 2. The average Bonchev–Trinajstić information content (AvgIpc) is 3.19. The van der Waals surface area contributed by atoms with Crippen molar-refractivity contribution in [2.75, 3.05) is 11.9 Å². The highest BCUT2D eigenvalue weighted by molar-refractivity contribution is 6.04. The molecule has 0 spiro atoms. The van der Waals surface area contributed by atoms with Gasteiger partial charge in [-0.3, -0.25) is 14.5 Å². The van der Waals surface area contributed by atoms with Crippen molar-refractivity contribution in [3.05, 3.63) is 71.8 Å². The first kappa shape index (κ1) is 17.5. The quantitative estimate of drug-likeness (QED) is 0.567. The van der Waals surface area contributed by atoms with Crippen molar-refractivity contribution in [1.82, 2.24) is 25.1 Å². The highest BCUT2D eigenvalue weighted by Gasteiger charge is 2.13. The van der Waals surface area contributed by atoms with Crippen LogP contribution in [0.25, 0.3) is 22.0 Å². The summed E-state index contributed by atoms with van der Waals surface area (Å²) in [7, 11) is 1.88. The molecule has 0 radical (unpaired) electrons. The van der Waals surface area contributed by atoms with Gasteiger partial charge in [-0.05, 0) is 48.4 Å². The minimum Gasteiger partial charge on any atom is -0.312 e. The van der Waals surface area contributed by atoms with E-state index in [1.54, 1.807) is 23.3 Å². The fraction of sp³-hybridized carbons (Fsp3) is 0.182. The number of hydrogen-bond acceptors (Lipinski definition) is 5. The van der Waals surface area contributed by atoms with Crippen LogP contribution >= 0.6 is 0 Å². The van der Waals surface area contributed by atoms with Crippen molar-refractivity contribution in [2.45, 2.75) is 13.0 Å². The van der Waals surface area contributed by atoms with Gasteiger partial charge < -0.3 is 10.6 Å². The molecule has 0 aliphatic carbocycles. The van der Waals surface area contributed by atoms with Crippen molar-refractivity contribution < 1.29 is 4.79 Å². The van der Waals surface area contributed by atoms with Crippen LogP contribution < -0.4 is 10.6 Å². The van der Waals surface area contributed by atoms with E-state index in [1.807, 2.05) is 43.6 Å². The molecule has 0 saturated heterocycles. The number of amides is 1. The highest BCUT2D eigenvalue weighted by Crippen LogP contribution is 2.24. The summed E-state index contributed by atoms with van der Waals surface area (Å²) in [5, 5.41) is 11.4. The molecule has 0 fully saturated rings. The van der Waals surface area contributed by atoms with Gasteiger partial charge in [-0.1, -0.05) is 6.07 Å². The van der Waals surface area contributed by atoms with Gasteiger partial charge in [0.2, 0.25) is 0 Å². The Bertz CT molecular complexity index is 1230. The zero-order valence-corrected chi connectivity index (χ0v) is 16.0. The maximum absolute atomic E-state index is 12.7. The van der Waals surface area contributed by atoms with Gasteiger partial charge in [-0.25, -0.2) is 4.98 Å². The minimum atomic E-state index is -0.158. The maximum atomic E-state index is 12.7. The number of carbonyl (C=O) groups excluding carboxylic acids is 1. The summed E-state index contributed by atoms with van der Waals surface area (Å²) < 4.78 is 1.76. The molecule has 2 N–H and O–H groups in total. The summed E-state index contributed by atoms with van der Waals surface area (Å²) in [6.45, 7) is 1.80. The van der Waals surface area contributed by atoms with Crippen LogP contribution in [0.4, 0.5) is 5.82 Å². The third-order valence-corrected chi connectivity index (χ3v) is 5.20. The molecule has 7 heteroatoms. The van der Waals surface area contributed by atoms with E-state index < -0.39 is 0 Å². The molecule has 7 nitrogen and oxygen atoms in total. The lowest BCUT2D eigenvalue weighted by atomic mass is 9.98. The lowest BCUT2D eigenvalue weighted by Gasteiger charge is -2.17. The van der Waals surface area contributed by atoms with E-state index in [9.17, 15) is 4.79 Å². The number of pyridine rings is 2. The molecule has 144 valence electrons. The van der Waals surface area contributed by atoms with Crippen LogP contribution in [0.3, 0.4) is 0 Å². The Balaban J connectivity index is 1.42. The summed E-state index contributed by atoms with van der Waals surface area (Å²) in [5.74, 6) is 0.349. The third kappa shape index (κ3) is 3.48. The van der Waals surface area contributed by atoms with Gasteiger partial charge in [-0.15, -0.1) is 0 Å². The molecule has 0 atom stereocenters. The van der Waals surface area contributed by atoms with E-state index in [-0.39, 0.29) is 5.91 Å². The van der Waals surface area contributed by atoms with Crippen LogP contribution in [0.2, 0.25) is 0 Å². The van der Waals surface area contributed by atoms with Crippen molar-refractivity contribution in [3.8, 4) is 11.1 Å². The van der Waals surface area contributed by atoms with Crippen LogP contribution in [0.15, 0.2) is 55.1 Å². The van der Waals surface area contributed by atoms with Gasteiger partial charge in [0.1, 0.15) is 5.82 Å². The van der Waals surface area contributed by atoms with Gasteiger partial charge >= 0.3 is 0 Å². The van der Waals surface area contributed by atoms with E-state index in [1.165, 1.54) is 11.1 Å². The Labute approximate surface area is 167 Å². The summed E-state index contributed by atoms with van der Waals surface area (Å²) >= 11 is 0. The van der Waals surface area contributed by atoms with E-state index in [2.05, 4.69) is 25.7 Å². The first-order valence-corrected chi connectivity index (χ1v) is 9.54. The van der Waals surface area contributed by atoms with Gasteiger partial charge in [0.05, 0.1) is 17.9 Å². The van der Waals surface area contributed by atoms with Gasteiger partial charge in [0.15, 0.2) is 0 Å². The number of anilines is 1. The molecule has 1 amide bonds. The normalized spacial score (nSPS) is 13.3. The van der Waals surface area contributed by atoms with Gasteiger partial charge in [0, 0.05) is 48.1 Å². The van der Waals surface area contributed by atoms with Gasteiger partial charge in [0.25, 0.3) is 5.91 Å². The van der Waals surface area contributed by atoms with Crippen LogP contribution in [0.5, 0.6) is 0 Å². The first-order valence-electron chi connectivity index (χ1n) is 9.54. The number of rotatable bonds is 3. The average molecular weight is 384 g/mol. The van der Waals surface area contributed by atoms with Crippen LogP contribution in [0.1, 0.15) is 21.5 Å². The monoisotopic (exact) mass is 384 g/mol. The van der Waals surface area contributed by atoms with Crippen LogP contribution in [0, 0.1) is 0 Å². The fourth-order valence-corrected chi connectivity index (χ4v) is 3.63. The number of aryl methyl sites for hydroxylation is 1. The predicted molar refractivity (Wildman–Crippen MR) is 112 cm³/mol. The second-order valence-electron chi connectivity index (χ2n) is 7.25. The van der Waals surface area contributed by atoms with E-state index >= 15 is 0 Å². The van der Waals surface area contributed by atoms with Gasteiger partial charge in [-0.2, -0.15) is 5.10 Å². The molecule has 29 heavy (non-hydrogen) atoms. The highest BCUT2D eigenvalue weighted by atomic mass is 16.1. The van der Waals surface area contributed by atoms with Crippen molar-refractivity contribution in [3.63, 3.8) is 0 Å². The standard InChI is InChI=1S/C22H20N6O/c1-28-13-19(11-26-28)18-7-17-8-21(25-12-20(17)24-10-18)27-22(29)15-2-3-16-9-23-5-4-14(16)6-15/h2-3,6-8,10-13,23H,4-5,9H2,1H3,(H,25,27,29). The molecule has 0 bridgehead atoms. The summed E-state index contributed by atoms with van der Waals surface area (Å²) in [4.78, 5) is 21.6.